The van der Waals surface area contributed by atoms with Gasteiger partial charge in [0, 0.05) is 11.9 Å². The molecular formula is C14H22N2O2S. The first-order chi connectivity index (χ1) is 9.17. The lowest BCUT2D eigenvalue weighted by molar-refractivity contribution is -0.139. The molecule has 1 aliphatic carbocycles. The number of esters is 1. The van der Waals surface area contributed by atoms with Crippen LogP contribution in [0, 0.1) is 11.8 Å². The minimum absolute atomic E-state index is 0.238. The fourth-order valence-electron chi connectivity index (χ4n) is 2.67. The van der Waals surface area contributed by atoms with Crippen LogP contribution in [0.1, 0.15) is 38.3 Å². The van der Waals surface area contributed by atoms with E-state index in [9.17, 15) is 4.79 Å². The molecule has 1 aromatic heterocycles. The van der Waals surface area contributed by atoms with Crippen molar-refractivity contribution >= 4 is 22.4 Å². The van der Waals surface area contributed by atoms with Crippen molar-refractivity contribution in [2.24, 2.45) is 11.8 Å². The highest BCUT2D eigenvalue weighted by molar-refractivity contribution is 7.13. The van der Waals surface area contributed by atoms with Gasteiger partial charge in [0.1, 0.15) is 0 Å². The number of thiazole rings is 1. The number of nitrogens with one attached hydrogen (secondary N) is 1. The van der Waals surface area contributed by atoms with Crippen LogP contribution in [0.25, 0.3) is 0 Å². The molecule has 0 bridgehead atoms. The Kier molecular flexibility index (Phi) is 5.19. The minimum Gasteiger partial charge on any atom is -0.469 e. The van der Waals surface area contributed by atoms with Gasteiger partial charge in [0.25, 0.3) is 0 Å². The molecular weight excluding hydrogens is 260 g/mol. The summed E-state index contributed by atoms with van der Waals surface area (Å²) in [6.45, 7) is 3.33. The zero-order valence-corrected chi connectivity index (χ0v) is 12.5. The summed E-state index contributed by atoms with van der Waals surface area (Å²) in [6.07, 6.45) is 5.61. The molecule has 1 N–H and O–H groups in total. The smallest absolute Gasteiger partial charge is 0.311 e. The summed E-state index contributed by atoms with van der Waals surface area (Å²) in [4.78, 5) is 15.6. The van der Waals surface area contributed by atoms with E-state index in [0.717, 1.165) is 29.2 Å². The van der Waals surface area contributed by atoms with Crippen molar-refractivity contribution in [1.29, 1.82) is 0 Å². The Morgan fingerprint density at radius 1 is 1.58 bits per heavy atom. The molecule has 19 heavy (non-hydrogen) atoms. The number of carbonyl (C=O) groups excluding carboxylic acids is 1. The summed E-state index contributed by atoms with van der Waals surface area (Å²) in [5, 5.41) is 6.24. The average molecular weight is 282 g/mol. The van der Waals surface area contributed by atoms with Gasteiger partial charge >= 0.3 is 5.97 Å². The van der Waals surface area contributed by atoms with E-state index in [4.69, 9.17) is 0 Å². The third kappa shape index (κ3) is 4.49. The van der Waals surface area contributed by atoms with Crippen molar-refractivity contribution in [3.05, 3.63) is 11.1 Å². The van der Waals surface area contributed by atoms with E-state index in [1.54, 1.807) is 11.3 Å². The first-order valence-electron chi connectivity index (χ1n) is 6.92. The van der Waals surface area contributed by atoms with Crippen LogP contribution in [0.15, 0.2) is 5.38 Å². The van der Waals surface area contributed by atoms with Crippen molar-refractivity contribution in [2.45, 2.75) is 39.0 Å². The molecule has 0 saturated heterocycles. The maximum Gasteiger partial charge on any atom is 0.311 e. The van der Waals surface area contributed by atoms with Crippen LogP contribution in [-0.4, -0.2) is 24.6 Å². The molecule has 0 aromatic carbocycles. The normalized spacial score (nSPS) is 23.1. The Morgan fingerprint density at radius 2 is 2.42 bits per heavy atom. The zero-order valence-electron chi connectivity index (χ0n) is 11.6. The Bertz CT molecular complexity index is 419. The number of hydrogen-bond donors (Lipinski definition) is 1. The van der Waals surface area contributed by atoms with Gasteiger partial charge in [-0.1, -0.05) is 19.8 Å². The van der Waals surface area contributed by atoms with E-state index in [1.807, 2.05) is 5.38 Å². The molecule has 0 aliphatic heterocycles. The number of hydrogen-bond acceptors (Lipinski definition) is 5. The molecule has 5 heteroatoms. The Morgan fingerprint density at radius 3 is 3.16 bits per heavy atom. The van der Waals surface area contributed by atoms with Gasteiger partial charge in [-0.25, -0.2) is 4.98 Å². The summed E-state index contributed by atoms with van der Waals surface area (Å²) in [5.41, 5.74) is 0.788. The van der Waals surface area contributed by atoms with Gasteiger partial charge in [-0.15, -0.1) is 11.3 Å². The number of carbonyl (C=O) groups is 1. The van der Waals surface area contributed by atoms with Crippen LogP contribution in [0.2, 0.25) is 0 Å². The fraction of sp³-hybridized carbons (Fsp3) is 0.714. The summed E-state index contributed by atoms with van der Waals surface area (Å²) < 4.78 is 4.64. The van der Waals surface area contributed by atoms with E-state index >= 15 is 0 Å². The largest absolute Gasteiger partial charge is 0.469 e. The van der Waals surface area contributed by atoms with Gasteiger partial charge < -0.3 is 10.1 Å². The highest BCUT2D eigenvalue weighted by Gasteiger charge is 2.18. The number of rotatable bonds is 5. The van der Waals surface area contributed by atoms with Crippen molar-refractivity contribution in [2.75, 3.05) is 19.0 Å². The second-order valence-corrected chi connectivity index (χ2v) is 6.27. The van der Waals surface area contributed by atoms with Gasteiger partial charge in [0.05, 0.1) is 19.2 Å². The Labute approximate surface area is 118 Å². The molecule has 106 valence electrons. The maximum atomic E-state index is 11.2. The predicted octanol–water partition coefficient (Wildman–Crippen LogP) is 3.10. The number of ether oxygens (including phenoxy) is 1. The third-order valence-electron chi connectivity index (χ3n) is 3.69. The van der Waals surface area contributed by atoms with E-state index < -0.39 is 0 Å². The molecule has 1 aromatic rings. The monoisotopic (exact) mass is 282 g/mol. The second-order valence-electron chi connectivity index (χ2n) is 5.42. The van der Waals surface area contributed by atoms with Gasteiger partial charge in [-0.05, 0) is 24.7 Å². The second kappa shape index (κ2) is 6.89. The van der Waals surface area contributed by atoms with Crippen molar-refractivity contribution in [3.63, 3.8) is 0 Å². The number of nitrogens with zero attached hydrogens (tertiary/aromatic N) is 1. The van der Waals surface area contributed by atoms with Crippen LogP contribution < -0.4 is 5.32 Å². The molecule has 4 nitrogen and oxygen atoms in total. The highest BCUT2D eigenvalue weighted by atomic mass is 32.1. The van der Waals surface area contributed by atoms with Crippen LogP contribution in [-0.2, 0) is 16.0 Å². The van der Waals surface area contributed by atoms with E-state index in [0.29, 0.717) is 0 Å². The topological polar surface area (TPSA) is 51.2 Å². The van der Waals surface area contributed by atoms with Crippen molar-refractivity contribution in [3.8, 4) is 0 Å². The Hall–Kier alpha value is -1.10. The number of aromatic nitrogens is 1. The molecule has 1 aliphatic rings. The fourth-order valence-corrected chi connectivity index (χ4v) is 3.39. The van der Waals surface area contributed by atoms with Crippen LogP contribution >= 0.6 is 11.3 Å². The summed E-state index contributed by atoms with van der Waals surface area (Å²) in [5.74, 6) is 1.38. The summed E-state index contributed by atoms with van der Waals surface area (Å²) in [6, 6.07) is 0. The molecule has 2 atom stereocenters. The molecule has 1 saturated carbocycles. The number of anilines is 1. The SMILES string of the molecule is COC(=O)Cc1csc(NCC2CCCC(C)C2)n1. The summed E-state index contributed by atoms with van der Waals surface area (Å²) >= 11 is 1.56. The van der Waals surface area contributed by atoms with Gasteiger partial charge in [-0.2, -0.15) is 0 Å². The molecule has 2 unspecified atom stereocenters. The van der Waals surface area contributed by atoms with E-state index in [2.05, 4.69) is 22.0 Å². The molecule has 0 radical (unpaired) electrons. The van der Waals surface area contributed by atoms with Crippen LogP contribution in [0.3, 0.4) is 0 Å². The quantitative estimate of drug-likeness (QED) is 0.843. The van der Waals surface area contributed by atoms with E-state index in [-0.39, 0.29) is 12.4 Å². The van der Waals surface area contributed by atoms with Gasteiger partial charge in [-0.3, -0.25) is 4.79 Å². The van der Waals surface area contributed by atoms with Gasteiger partial charge in [0.2, 0.25) is 0 Å². The van der Waals surface area contributed by atoms with Crippen molar-refractivity contribution < 1.29 is 9.53 Å². The first kappa shape index (κ1) is 14.3. The lowest BCUT2D eigenvalue weighted by Gasteiger charge is -2.26. The third-order valence-corrected chi connectivity index (χ3v) is 4.54. The standard InChI is InChI=1S/C14H22N2O2S/c1-10-4-3-5-11(6-10)8-15-14-16-12(9-19-14)7-13(17)18-2/h9-11H,3-8H2,1-2H3,(H,15,16). The van der Waals surface area contributed by atoms with E-state index in [1.165, 1.54) is 32.8 Å². The zero-order chi connectivity index (χ0) is 13.7. The minimum atomic E-state index is -0.238. The lowest BCUT2D eigenvalue weighted by Crippen LogP contribution is -2.20. The van der Waals surface area contributed by atoms with Crippen molar-refractivity contribution in [1.82, 2.24) is 4.98 Å². The number of methoxy groups -OCH3 is 1. The first-order valence-corrected chi connectivity index (χ1v) is 7.80. The molecule has 1 heterocycles. The average Bonchev–Trinajstić information content (AvgIpc) is 2.84. The molecule has 2 rings (SSSR count). The molecule has 0 amide bonds. The highest BCUT2D eigenvalue weighted by Crippen LogP contribution is 2.29. The molecule has 1 fully saturated rings. The Balaban J connectivity index is 1.78. The van der Waals surface area contributed by atoms with Gasteiger partial charge in [0.15, 0.2) is 5.13 Å². The molecule has 0 spiro atoms. The summed E-state index contributed by atoms with van der Waals surface area (Å²) in [7, 11) is 1.40. The maximum absolute atomic E-state index is 11.2. The lowest BCUT2D eigenvalue weighted by atomic mass is 9.82. The van der Waals surface area contributed by atoms with Crippen LogP contribution in [0.5, 0.6) is 0 Å². The van der Waals surface area contributed by atoms with Crippen LogP contribution in [0.4, 0.5) is 5.13 Å². The predicted molar refractivity (Wildman–Crippen MR) is 77.4 cm³/mol.